The highest BCUT2D eigenvalue weighted by Crippen LogP contribution is 2.35. The van der Waals surface area contributed by atoms with E-state index >= 15 is 0 Å². The van der Waals surface area contributed by atoms with E-state index in [4.69, 9.17) is 0 Å². The second-order valence-corrected chi connectivity index (χ2v) is 9.89. The molecule has 1 aromatic heterocycles. The lowest BCUT2D eigenvalue weighted by molar-refractivity contribution is -0.137. The number of carbonyl (C=O) groups excluding carboxylic acids is 3. The summed E-state index contributed by atoms with van der Waals surface area (Å²) in [7, 11) is 0. The number of hydrogen-bond donors (Lipinski definition) is 1. The minimum absolute atomic E-state index is 0.104. The number of fused-ring (bicyclic) bond motifs is 1. The second-order valence-electron chi connectivity index (χ2n) is 8.89. The molecule has 1 N–H and O–H groups in total. The van der Waals surface area contributed by atoms with Gasteiger partial charge in [0, 0.05) is 34.9 Å². The molecule has 5 rings (SSSR count). The number of para-hydroxylation sites is 1. The minimum atomic E-state index is -4.58. The monoisotopic (exact) mass is 560 g/mol. The number of nitrogens with one attached hydrogen (secondary N) is 1. The van der Waals surface area contributed by atoms with Crippen LogP contribution in [0.3, 0.4) is 0 Å². The summed E-state index contributed by atoms with van der Waals surface area (Å²) < 4.78 is 40.8. The third-order valence-corrected chi connectivity index (χ3v) is 7.14. The molecule has 3 aromatic carbocycles. The van der Waals surface area contributed by atoms with Crippen LogP contribution >= 0.6 is 11.8 Å². The van der Waals surface area contributed by atoms with Crippen LogP contribution in [0.2, 0.25) is 0 Å². The molecule has 0 atom stereocenters. The molecule has 3 amide bonds. The molecule has 0 radical (unpaired) electrons. The van der Waals surface area contributed by atoms with Gasteiger partial charge in [-0.15, -0.1) is 0 Å². The molecule has 0 spiro atoms. The predicted molar refractivity (Wildman–Crippen MR) is 145 cm³/mol. The molecule has 7 nitrogen and oxygen atoms in total. The van der Waals surface area contributed by atoms with Crippen molar-refractivity contribution in [2.24, 2.45) is 0 Å². The number of nitriles is 1. The number of carbonyl (C=O) groups is 3. The summed E-state index contributed by atoms with van der Waals surface area (Å²) >= 11 is 0.676. The summed E-state index contributed by atoms with van der Waals surface area (Å²) in [5, 5.41) is 11.9. The number of rotatable bonds is 6. The van der Waals surface area contributed by atoms with E-state index in [-0.39, 0.29) is 10.6 Å². The molecule has 11 heteroatoms. The fraction of sp³-hybridized carbons (Fsp3) is 0.103. The van der Waals surface area contributed by atoms with Crippen LogP contribution in [0.15, 0.2) is 83.9 Å². The maximum atomic E-state index is 13.1. The van der Waals surface area contributed by atoms with Gasteiger partial charge < -0.3 is 9.88 Å². The molecular formula is C29H19F3N4O3S. The van der Waals surface area contributed by atoms with E-state index in [1.165, 1.54) is 6.07 Å². The third kappa shape index (κ3) is 5.48. The van der Waals surface area contributed by atoms with Gasteiger partial charge in [-0.25, -0.2) is 0 Å². The molecule has 4 aromatic rings. The Balaban J connectivity index is 1.36. The van der Waals surface area contributed by atoms with Crippen LogP contribution in [0.4, 0.5) is 23.7 Å². The van der Waals surface area contributed by atoms with Gasteiger partial charge in [-0.3, -0.25) is 19.3 Å². The number of halogens is 3. The summed E-state index contributed by atoms with van der Waals surface area (Å²) in [4.78, 5) is 39.0. The van der Waals surface area contributed by atoms with Crippen LogP contribution in [0.1, 0.15) is 22.3 Å². The first kappa shape index (κ1) is 26.8. The van der Waals surface area contributed by atoms with E-state index in [1.807, 2.05) is 47.2 Å². The van der Waals surface area contributed by atoms with Crippen molar-refractivity contribution in [3.63, 3.8) is 0 Å². The summed E-state index contributed by atoms with van der Waals surface area (Å²) in [6.45, 7) is -0.236. The third-order valence-electron chi connectivity index (χ3n) is 6.23. The van der Waals surface area contributed by atoms with Gasteiger partial charge in [-0.1, -0.05) is 42.5 Å². The zero-order chi connectivity index (χ0) is 28.4. The number of aromatic nitrogens is 1. The van der Waals surface area contributed by atoms with Crippen molar-refractivity contribution in [1.29, 1.82) is 5.26 Å². The lowest BCUT2D eigenvalue weighted by atomic mass is 10.1. The number of anilines is 1. The zero-order valence-electron chi connectivity index (χ0n) is 20.6. The Morgan fingerprint density at radius 2 is 1.77 bits per heavy atom. The normalized spacial score (nSPS) is 14.7. The van der Waals surface area contributed by atoms with E-state index < -0.39 is 35.3 Å². The van der Waals surface area contributed by atoms with Crippen LogP contribution in [0, 0.1) is 11.3 Å². The number of benzene rings is 3. The van der Waals surface area contributed by atoms with E-state index in [1.54, 1.807) is 18.2 Å². The van der Waals surface area contributed by atoms with Crippen LogP contribution in [-0.4, -0.2) is 33.1 Å². The van der Waals surface area contributed by atoms with Crippen LogP contribution in [-0.2, 0) is 22.3 Å². The van der Waals surface area contributed by atoms with Crippen molar-refractivity contribution in [3.8, 4) is 6.07 Å². The van der Waals surface area contributed by atoms with Gasteiger partial charge in [0.2, 0.25) is 5.91 Å². The smallest absolute Gasteiger partial charge is 0.342 e. The number of nitrogens with zero attached hydrogens (tertiary/aromatic N) is 3. The van der Waals surface area contributed by atoms with Crippen molar-refractivity contribution in [2.75, 3.05) is 11.9 Å². The highest BCUT2D eigenvalue weighted by molar-refractivity contribution is 8.18. The summed E-state index contributed by atoms with van der Waals surface area (Å²) in [5.74, 6) is -1.49. The number of alkyl halides is 3. The summed E-state index contributed by atoms with van der Waals surface area (Å²) in [6.07, 6.45) is -1.18. The maximum Gasteiger partial charge on any atom is 0.416 e. The van der Waals surface area contributed by atoms with Gasteiger partial charge >= 0.3 is 6.18 Å². The molecule has 1 saturated heterocycles. The fourth-order valence-electron chi connectivity index (χ4n) is 4.37. The number of imide groups is 1. The largest absolute Gasteiger partial charge is 0.416 e. The Hall–Kier alpha value is -4.82. The second kappa shape index (κ2) is 10.7. The average molecular weight is 561 g/mol. The van der Waals surface area contributed by atoms with Crippen LogP contribution in [0.5, 0.6) is 0 Å². The Morgan fingerprint density at radius 3 is 2.55 bits per heavy atom. The van der Waals surface area contributed by atoms with E-state index in [9.17, 15) is 32.8 Å². The lowest BCUT2D eigenvalue weighted by Gasteiger charge is -2.13. The number of thioether (sulfide) groups is 1. The van der Waals surface area contributed by atoms with Crippen molar-refractivity contribution in [1.82, 2.24) is 9.47 Å². The number of hydrogen-bond acceptors (Lipinski definition) is 5. The zero-order valence-corrected chi connectivity index (χ0v) is 21.4. The SMILES string of the molecule is N#Cc1ccccc1Cn1cc(/C=C2\SC(=O)N(CC(=O)Nc3cccc(C(F)(F)F)c3)C2=O)c2ccccc21. The number of amides is 3. The summed E-state index contributed by atoms with van der Waals surface area (Å²) in [5.41, 5.74) is 1.86. The van der Waals surface area contributed by atoms with Gasteiger partial charge in [0.15, 0.2) is 0 Å². The predicted octanol–water partition coefficient (Wildman–Crippen LogP) is 6.26. The molecule has 0 saturated carbocycles. The Bertz CT molecular complexity index is 1740. The van der Waals surface area contributed by atoms with Gasteiger partial charge in [-0.05, 0) is 53.7 Å². The van der Waals surface area contributed by atoms with Gasteiger partial charge in [0.05, 0.1) is 22.1 Å². The van der Waals surface area contributed by atoms with Crippen molar-refractivity contribution in [3.05, 3.63) is 106 Å². The van der Waals surface area contributed by atoms with Crippen molar-refractivity contribution < 1.29 is 27.6 Å². The first-order valence-electron chi connectivity index (χ1n) is 11.9. The van der Waals surface area contributed by atoms with E-state index in [2.05, 4.69) is 11.4 Å². The van der Waals surface area contributed by atoms with Crippen LogP contribution in [0.25, 0.3) is 17.0 Å². The van der Waals surface area contributed by atoms with E-state index in [0.717, 1.165) is 39.6 Å². The first-order chi connectivity index (χ1) is 19.1. The van der Waals surface area contributed by atoms with E-state index in [0.29, 0.717) is 29.4 Å². The molecule has 0 unspecified atom stereocenters. The van der Waals surface area contributed by atoms with Gasteiger partial charge in [0.25, 0.3) is 11.1 Å². The van der Waals surface area contributed by atoms with Gasteiger partial charge in [0.1, 0.15) is 6.54 Å². The van der Waals surface area contributed by atoms with Crippen LogP contribution < -0.4 is 5.32 Å². The molecule has 2 heterocycles. The molecule has 0 aliphatic carbocycles. The molecule has 0 bridgehead atoms. The first-order valence-corrected chi connectivity index (χ1v) is 12.7. The quantitative estimate of drug-likeness (QED) is 0.281. The Morgan fingerprint density at radius 1 is 1.02 bits per heavy atom. The maximum absolute atomic E-state index is 13.1. The molecule has 1 aliphatic heterocycles. The highest BCUT2D eigenvalue weighted by atomic mass is 32.2. The van der Waals surface area contributed by atoms with Crippen molar-refractivity contribution in [2.45, 2.75) is 12.7 Å². The molecule has 200 valence electrons. The minimum Gasteiger partial charge on any atom is -0.342 e. The Kier molecular flexibility index (Phi) is 7.19. The molecule has 1 aliphatic rings. The summed E-state index contributed by atoms with van der Waals surface area (Å²) in [6, 6.07) is 21.0. The van der Waals surface area contributed by atoms with Gasteiger partial charge in [-0.2, -0.15) is 18.4 Å². The highest BCUT2D eigenvalue weighted by Gasteiger charge is 2.37. The average Bonchev–Trinajstić information content (AvgIpc) is 3.40. The molecular weight excluding hydrogens is 541 g/mol. The molecule has 40 heavy (non-hydrogen) atoms. The van der Waals surface area contributed by atoms with Crippen molar-refractivity contribution >= 4 is 51.5 Å². The Labute approximate surface area is 230 Å². The topological polar surface area (TPSA) is 95.2 Å². The fourth-order valence-corrected chi connectivity index (χ4v) is 5.20. The molecule has 1 fully saturated rings. The standard InChI is InChI=1S/C29H19F3N4O3S/c30-29(31,32)21-8-5-9-22(13-21)34-26(37)17-36-27(38)25(40-28(36)39)12-20-16-35(24-11-4-3-10-23(20)24)15-19-7-2-1-6-18(19)14-33/h1-13,16H,15,17H2,(H,34,37)/b25-12-. The lowest BCUT2D eigenvalue weighted by Crippen LogP contribution is -2.36.